The summed E-state index contributed by atoms with van der Waals surface area (Å²) in [5, 5.41) is 0. The van der Waals surface area contributed by atoms with Crippen LogP contribution in [0.1, 0.15) is 72.6 Å². The maximum atomic E-state index is 14.9. The molecule has 2 aliphatic heterocycles. The molecule has 236 valence electrons. The molecule has 3 heterocycles. The predicted molar refractivity (Wildman–Crippen MR) is 148 cm³/mol. The van der Waals surface area contributed by atoms with Crippen LogP contribution in [0.25, 0.3) is 11.1 Å². The van der Waals surface area contributed by atoms with Gasteiger partial charge in [-0.2, -0.15) is 26.3 Å². The van der Waals surface area contributed by atoms with Crippen molar-refractivity contribution in [1.82, 2.24) is 9.88 Å². The number of ether oxygens (including phenoxy) is 2. The van der Waals surface area contributed by atoms with Gasteiger partial charge in [-0.15, -0.1) is 0 Å². The van der Waals surface area contributed by atoms with E-state index in [0.29, 0.717) is 46.6 Å². The number of anilines is 1. The molecule has 0 radical (unpaired) electrons. The van der Waals surface area contributed by atoms with Gasteiger partial charge >= 0.3 is 18.4 Å². The lowest BCUT2D eigenvalue weighted by Crippen LogP contribution is -2.31. The summed E-state index contributed by atoms with van der Waals surface area (Å²) in [6, 6.07) is 4.44. The number of pyridine rings is 1. The number of nitrogens with zero attached hydrogens (tertiary/aromatic N) is 3. The molecule has 1 unspecified atom stereocenters. The molecule has 0 saturated carbocycles. The van der Waals surface area contributed by atoms with Crippen molar-refractivity contribution in [2.75, 3.05) is 26.1 Å². The van der Waals surface area contributed by atoms with Crippen LogP contribution in [0.4, 0.5) is 41.3 Å². The molecule has 2 aliphatic rings. The fourth-order valence-electron chi connectivity index (χ4n) is 5.98. The first-order valence-corrected chi connectivity index (χ1v) is 13.8. The highest BCUT2D eigenvalue weighted by atomic mass is 19.4. The number of halogens is 7. The van der Waals surface area contributed by atoms with Gasteiger partial charge in [0.1, 0.15) is 23.5 Å². The summed E-state index contributed by atoms with van der Waals surface area (Å²) in [4.78, 5) is 21.0. The Morgan fingerprint density at radius 3 is 2.14 bits per heavy atom. The highest BCUT2D eigenvalue weighted by Gasteiger charge is 2.51. The summed E-state index contributed by atoms with van der Waals surface area (Å²) in [5.74, 6) is 0.143. The second-order valence-corrected chi connectivity index (χ2v) is 11.5. The quantitative estimate of drug-likeness (QED) is 0.257. The topological polar surface area (TPSA) is 54.9 Å². The van der Waals surface area contributed by atoms with Gasteiger partial charge in [-0.3, -0.25) is 4.90 Å². The molecule has 6 nitrogen and oxygen atoms in total. The number of hydrogen-bond acceptors (Lipinski definition) is 5. The van der Waals surface area contributed by atoms with E-state index in [0.717, 1.165) is 0 Å². The van der Waals surface area contributed by atoms with E-state index in [9.17, 15) is 35.5 Å². The Labute approximate surface area is 249 Å². The van der Waals surface area contributed by atoms with Crippen molar-refractivity contribution in [3.05, 3.63) is 76.2 Å². The van der Waals surface area contributed by atoms with E-state index in [4.69, 9.17) is 9.47 Å². The molecule has 0 bridgehead atoms. The van der Waals surface area contributed by atoms with E-state index in [1.165, 1.54) is 18.1 Å². The predicted octanol–water partition coefficient (Wildman–Crippen LogP) is 8.52. The van der Waals surface area contributed by atoms with Crippen LogP contribution < -0.4 is 9.64 Å². The Hall–Kier alpha value is -4.03. The van der Waals surface area contributed by atoms with E-state index < -0.39 is 53.6 Å². The SMILES string of the molecule is COc1cc(F)c(C(C)C)cc1-c1cnc(N(C)C)cc1[C@@H]1CCC2[C@@H](c3cc(C(F)(F)F)cc(C(F)(F)F)c3)OC(=O)N21. The molecule has 2 aromatic carbocycles. The number of cyclic esters (lactones) is 1. The zero-order valence-electron chi connectivity index (χ0n) is 24.5. The largest absolute Gasteiger partial charge is 0.496 e. The average Bonchev–Trinajstić information content (AvgIpc) is 3.52. The van der Waals surface area contributed by atoms with Crippen molar-refractivity contribution in [1.29, 1.82) is 0 Å². The Balaban J connectivity index is 1.62. The van der Waals surface area contributed by atoms with Crippen molar-refractivity contribution in [2.24, 2.45) is 0 Å². The molecule has 13 heteroatoms. The molecule has 1 amide bonds. The second-order valence-electron chi connectivity index (χ2n) is 11.5. The molecule has 44 heavy (non-hydrogen) atoms. The zero-order chi connectivity index (χ0) is 32.3. The highest BCUT2D eigenvalue weighted by molar-refractivity contribution is 5.78. The molecule has 2 saturated heterocycles. The summed E-state index contributed by atoms with van der Waals surface area (Å²) in [7, 11) is 4.93. The van der Waals surface area contributed by atoms with E-state index in [-0.39, 0.29) is 29.7 Å². The lowest BCUT2D eigenvalue weighted by molar-refractivity contribution is -0.143. The van der Waals surface area contributed by atoms with Crippen molar-refractivity contribution in [3.8, 4) is 16.9 Å². The van der Waals surface area contributed by atoms with Crippen LogP contribution in [-0.2, 0) is 17.1 Å². The minimum absolute atomic E-state index is 0.0447. The van der Waals surface area contributed by atoms with Crippen LogP contribution in [-0.4, -0.2) is 43.2 Å². The molecule has 0 N–H and O–H groups in total. The maximum Gasteiger partial charge on any atom is 0.416 e. The highest BCUT2D eigenvalue weighted by Crippen LogP contribution is 2.51. The number of aromatic nitrogens is 1. The van der Waals surface area contributed by atoms with Gasteiger partial charge in [-0.1, -0.05) is 13.8 Å². The van der Waals surface area contributed by atoms with Gasteiger partial charge < -0.3 is 14.4 Å². The van der Waals surface area contributed by atoms with Gasteiger partial charge in [-0.25, -0.2) is 14.2 Å². The number of rotatable bonds is 6. The number of benzene rings is 2. The first kappa shape index (κ1) is 31.4. The fourth-order valence-corrected chi connectivity index (χ4v) is 5.98. The van der Waals surface area contributed by atoms with Gasteiger partial charge in [0.15, 0.2) is 0 Å². The minimum Gasteiger partial charge on any atom is -0.496 e. The Kier molecular flexibility index (Phi) is 7.96. The van der Waals surface area contributed by atoms with Gasteiger partial charge in [0.25, 0.3) is 0 Å². The van der Waals surface area contributed by atoms with Crippen molar-refractivity contribution in [2.45, 2.75) is 63.1 Å². The van der Waals surface area contributed by atoms with Crippen LogP contribution in [0.2, 0.25) is 0 Å². The van der Waals surface area contributed by atoms with Crippen molar-refractivity contribution in [3.63, 3.8) is 0 Å². The molecule has 0 aliphatic carbocycles. The Morgan fingerprint density at radius 2 is 1.59 bits per heavy atom. The Bertz CT molecular complexity index is 1550. The van der Waals surface area contributed by atoms with Crippen molar-refractivity contribution < 1.29 is 45.0 Å². The second kappa shape index (κ2) is 11.2. The standard InChI is InChI=1S/C31H30F7N3O3/c1-15(2)19-11-21(26(43-5)13-23(19)32)22-14-39-27(40(3)4)12-20(22)24-6-7-25-28(44-29(42)41(24)25)16-8-17(30(33,34)35)10-18(9-16)31(36,37)38/h8-15,24-25,28H,6-7H2,1-5H3/t24-,25?,28+/m0/s1. The number of hydrogen-bond donors (Lipinski definition) is 0. The molecule has 3 aromatic rings. The number of amides is 1. The molecular formula is C31H30F7N3O3. The van der Waals surface area contributed by atoms with Gasteiger partial charge in [-0.05, 0) is 65.8 Å². The van der Waals surface area contributed by atoms with Gasteiger partial charge in [0.05, 0.1) is 30.3 Å². The van der Waals surface area contributed by atoms with Crippen molar-refractivity contribution >= 4 is 11.9 Å². The number of alkyl halides is 6. The third-order valence-corrected chi connectivity index (χ3v) is 8.13. The van der Waals surface area contributed by atoms with E-state index in [1.807, 2.05) is 13.8 Å². The van der Waals surface area contributed by atoms with E-state index in [2.05, 4.69) is 4.98 Å². The maximum absolute atomic E-state index is 14.9. The van der Waals surface area contributed by atoms with Gasteiger partial charge in [0, 0.05) is 37.5 Å². The third kappa shape index (κ3) is 5.63. The molecule has 5 rings (SSSR count). The lowest BCUT2D eigenvalue weighted by Gasteiger charge is -2.27. The smallest absolute Gasteiger partial charge is 0.416 e. The molecular weight excluding hydrogens is 595 g/mol. The molecule has 2 fully saturated rings. The first-order chi connectivity index (χ1) is 20.5. The van der Waals surface area contributed by atoms with Crippen LogP contribution >= 0.6 is 0 Å². The molecule has 0 spiro atoms. The van der Waals surface area contributed by atoms with Crippen LogP contribution in [0.15, 0.2) is 42.6 Å². The number of methoxy groups -OCH3 is 1. The lowest BCUT2D eigenvalue weighted by atomic mass is 9.91. The monoisotopic (exact) mass is 625 g/mol. The normalized spacial score (nSPS) is 20.2. The average molecular weight is 626 g/mol. The fraction of sp³-hybridized carbons (Fsp3) is 0.419. The van der Waals surface area contributed by atoms with E-state index >= 15 is 0 Å². The number of carbonyl (C=O) groups excluding carboxylic acids is 1. The zero-order valence-corrected chi connectivity index (χ0v) is 24.5. The first-order valence-electron chi connectivity index (χ1n) is 13.8. The molecule has 1 aromatic heterocycles. The number of carbonyl (C=O) groups is 1. The van der Waals surface area contributed by atoms with Crippen LogP contribution in [0.3, 0.4) is 0 Å². The summed E-state index contributed by atoms with van der Waals surface area (Å²) < 4.78 is 107. The summed E-state index contributed by atoms with van der Waals surface area (Å²) in [5.41, 5.74) is -1.27. The van der Waals surface area contributed by atoms with E-state index in [1.54, 1.807) is 37.3 Å². The Morgan fingerprint density at radius 1 is 0.955 bits per heavy atom. The van der Waals surface area contributed by atoms with Crippen LogP contribution in [0, 0.1) is 5.82 Å². The van der Waals surface area contributed by atoms with Gasteiger partial charge in [0.2, 0.25) is 0 Å². The minimum atomic E-state index is -5.05. The summed E-state index contributed by atoms with van der Waals surface area (Å²) >= 11 is 0. The molecule has 3 atom stereocenters. The van der Waals surface area contributed by atoms with Crippen LogP contribution in [0.5, 0.6) is 5.75 Å². The summed E-state index contributed by atoms with van der Waals surface area (Å²) in [6.45, 7) is 3.67. The number of fused-ring (bicyclic) bond motifs is 1. The third-order valence-electron chi connectivity index (χ3n) is 8.13. The summed E-state index contributed by atoms with van der Waals surface area (Å²) in [6.07, 6.45) is -10.2.